The molecule has 0 aromatic rings. The van der Waals surface area contributed by atoms with Crippen molar-refractivity contribution in [1.29, 1.82) is 0 Å². The molecule has 3 nitrogen and oxygen atoms in total. The minimum atomic E-state index is -0.0389. The van der Waals surface area contributed by atoms with Gasteiger partial charge in [0.15, 0.2) is 0 Å². The van der Waals surface area contributed by atoms with Crippen molar-refractivity contribution in [2.75, 3.05) is 6.54 Å². The maximum atomic E-state index is 11.6. The average Bonchev–Trinajstić information content (AvgIpc) is 2.94. The van der Waals surface area contributed by atoms with Crippen LogP contribution in [0.2, 0.25) is 0 Å². The molecular formula is C12H22N2O. The van der Waals surface area contributed by atoms with Crippen LogP contribution in [0.3, 0.4) is 0 Å². The van der Waals surface area contributed by atoms with Crippen LogP contribution in [-0.2, 0) is 4.79 Å². The third-order valence-electron chi connectivity index (χ3n) is 3.71. The minimum absolute atomic E-state index is 0.0389. The summed E-state index contributed by atoms with van der Waals surface area (Å²) in [5.74, 6) is 0.167. The summed E-state index contributed by atoms with van der Waals surface area (Å²) in [6.45, 7) is 5.24. The van der Waals surface area contributed by atoms with E-state index < -0.39 is 0 Å². The number of carbonyl (C=O) groups excluding carboxylic acids is 1. The SMILES string of the molecule is CC(NCC1(C)CCC1)C(=O)NC1CC1. The van der Waals surface area contributed by atoms with Gasteiger partial charge < -0.3 is 10.6 Å². The molecule has 0 heterocycles. The molecule has 0 aliphatic heterocycles. The number of carbonyl (C=O) groups is 1. The standard InChI is InChI=1S/C12H22N2O/c1-9(11(15)14-10-4-5-10)13-8-12(2)6-3-7-12/h9-10,13H,3-8H2,1-2H3,(H,14,15). The van der Waals surface area contributed by atoms with Gasteiger partial charge in [0.2, 0.25) is 5.91 Å². The molecule has 0 aromatic carbocycles. The van der Waals surface area contributed by atoms with E-state index in [1.807, 2.05) is 6.92 Å². The Kier molecular flexibility index (Phi) is 3.01. The number of amides is 1. The van der Waals surface area contributed by atoms with Gasteiger partial charge >= 0.3 is 0 Å². The fourth-order valence-corrected chi connectivity index (χ4v) is 2.00. The van der Waals surface area contributed by atoms with Crippen molar-refractivity contribution in [1.82, 2.24) is 10.6 Å². The van der Waals surface area contributed by atoms with Gasteiger partial charge in [-0.1, -0.05) is 13.3 Å². The summed E-state index contributed by atoms with van der Waals surface area (Å²) in [4.78, 5) is 11.6. The fraction of sp³-hybridized carbons (Fsp3) is 0.917. The molecule has 2 N–H and O–H groups in total. The van der Waals surface area contributed by atoms with Crippen LogP contribution in [0.5, 0.6) is 0 Å². The second-order valence-corrected chi connectivity index (χ2v) is 5.55. The second kappa shape index (κ2) is 4.12. The molecule has 3 heteroatoms. The number of hydrogen-bond donors (Lipinski definition) is 2. The third-order valence-corrected chi connectivity index (χ3v) is 3.71. The van der Waals surface area contributed by atoms with Crippen molar-refractivity contribution in [3.05, 3.63) is 0 Å². The Labute approximate surface area is 92.0 Å². The van der Waals surface area contributed by atoms with Crippen LogP contribution in [0.15, 0.2) is 0 Å². The molecule has 2 fully saturated rings. The van der Waals surface area contributed by atoms with E-state index in [9.17, 15) is 4.79 Å². The van der Waals surface area contributed by atoms with Crippen molar-refractivity contribution >= 4 is 5.91 Å². The zero-order valence-corrected chi connectivity index (χ0v) is 9.81. The highest BCUT2D eigenvalue weighted by molar-refractivity contribution is 5.81. The van der Waals surface area contributed by atoms with Gasteiger partial charge in [-0.15, -0.1) is 0 Å². The largest absolute Gasteiger partial charge is 0.352 e. The highest BCUT2D eigenvalue weighted by Crippen LogP contribution is 2.39. The van der Waals surface area contributed by atoms with Crippen molar-refractivity contribution < 1.29 is 4.79 Å². The molecule has 0 bridgehead atoms. The average molecular weight is 210 g/mol. The lowest BCUT2D eigenvalue weighted by Gasteiger charge is -2.39. The number of rotatable bonds is 5. The van der Waals surface area contributed by atoms with Gasteiger partial charge in [0.25, 0.3) is 0 Å². The Bertz CT molecular complexity index is 244. The zero-order chi connectivity index (χ0) is 10.9. The van der Waals surface area contributed by atoms with E-state index in [-0.39, 0.29) is 11.9 Å². The summed E-state index contributed by atoms with van der Waals surface area (Å²) in [6, 6.07) is 0.434. The van der Waals surface area contributed by atoms with Gasteiger partial charge in [0.1, 0.15) is 0 Å². The first kappa shape index (κ1) is 10.9. The molecule has 2 saturated carbocycles. The molecule has 2 rings (SSSR count). The summed E-state index contributed by atoms with van der Waals surface area (Å²) in [6.07, 6.45) is 6.28. The first-order chi connectivity index (χ1) is 7.09. The summed E-state index contributed by atoms with van der Waals surface area (Å²) in [5, 5.41) is 6.37. The molecule has 0 aromatic heterocycles. The first-order valence-electron chi connectivity index (χ1n) is 6.13. The predicted molar refractivity (Wildman–Crippen MR) is 60.6 cm³/mol. The van der Waals surface area contributed by atoms with Crippen molar-refractivity contribution in [2.45, 2.75) is 58.0 Å². The van der Waals surface area contributed by atoms with E-state index in [2.05, 4.69) is 17.6 Å². The van der Waals surface area contributed by atoms with E-state index in [4.69, 9.17) is 0 Å². The van der Waals surface area contributed by atoms with Gasteiger partial charge in [-0.3, -0.25) is 4.79 Å². The van der Waals surface area contributed by atoms with Crippen molar-refractivity contribution in [2.24, 2.45) is 5.41 Å². The van der Waals surface area contributed by atoms with Gasteiger partial charge in [0.05, 0.1) is 6.04 Å². The molecule has 15 heavy (non-hydrogen) atoms. The summed E-state index contributed by atoms with van der Waals surface area (Å²) in [7, 11) is 0. The maximum absolute atomic E-state index is 11.6. The van der Waals surface area contributed by atoms with Gasteiger partial charge in [-0.05, 0) is 38.0 Å². The van der Waals surface area contributed by atoms with Crippen LogP contribution in [0.4, 0.5) is 0 Å². The van der Waals surface area contributed by atoms with Gasteiger partial charge in [-0.25, -0.2) is 0 Å². The van der Waals surface area contributed by atoms with Gasteiger partial charge in [0, 0.05) is 12.6 Å². The Hall–Kier alpha value is -0.570. The first-order valence-corrected chi connectivity index (χ1v) is 6.13. The normalized spacial score (nSPS) is 25.5. The van der Waals surface area contributed by atoms with Crippen LogP contribution < -0.4 is 10.6 Å². The van der Waals surface area contributed by atoms with Crippen LogP contribution in [0, 0.1) is 5.41 Å². The Balaban J connectivity index is 1.66. The Morgan fingerprint density at radius 3 is 2.60 bits per heavy atom. The smallest absolute Gasteiger partial charge is 0.237 e. The molecule has 1 atom stereocenters. The van der Waals surface area contributed by atoms with Crippen molar-refractivity contribution in [3.63, 3.8) is 0 Å². The lowest BCUT2D eigenvalue weighted by atomic mass is 9.70. The van der Waals surface area contributed by atoms with Gasteiger partial charge in [-0.2, -0.15) is 0 Å². The fourth-order valence-electron chi connectivity index (χ4n) is 2.00. The molecular weight excluding hydrogens is 188 g/mol. The number of hydrogen-bond acceptors (Lipinski definition) is 2. The molecule has 86 valence electrons. The van der Waals surface area contributed by atoms with E-state index in [0.29, 0.717) is 11.5 Å². The third kappa shape index (κ3) is 2.94. The van der Waals surface area contributed by atoms with Crippen LogP contribution in [0.25, 0.3) is 0 Å². The molecule has 2 aliphatic rings. The lowest BCUT2D eigenvalue weighted by molar-refractivity contribution is -0.123. The molecule has 0 spiro atoms. The maximum Gasteiger partial charge on any atom is 0.237 e. The molecule has 0 saturated heterocycles. The van der Waals surface area contributed by atoms with Crippen LogP contribution in [0.1, 0.15) is 46.0 Å². The van der Waals surface area contributed by atoms with E-state index in [0.717, 1.165) is 19.4 Å². The highest BCUT2D eigenvalue weighted by Gasteiger charge is 2.32. The van der Waals surface area contributed by atoms with Crippen LogP contribution in [-0.4, -0.2) is 24.5 Å². The topological polar surface area (TPSA) is 41.1 Å². The predicted octanol–water partition coefficient (Wildman–Crippen LogP) is 1.43. The van der Waals surface area contributed by atoms with Crippen molar-refractivity contribution in [3.8, 4) is 0 Å². The minimum Gasteiger partial charge on any atom is -0.352 e. The number of nitrogens with one attached hydrogen (secondary N) is 2. The monoisotopic (exact) mass is 210 g/mol. The molecule has 1 unspecified atom stereocenters. The molecule has 0 radical (unpaired) electrons. The Morgan fingerprint density at radius 1 is 1.47 bits per heavy atom. The van der Waals surface area contributed by atoms with Crippen LogP contribution >= 0.6 is 0 Å². The molecule has 2 aliphatic carbocycles. The van der Waals surface area contributed by atoms with E-state index in [1.54, 1.807) is 0 Å². The van der Waals surface area contributed by atoms with E-state index in [1.165, 1.54) is 19.3 Å². The highest BCUT2D eigenvalue weighted by atomic mass is 16.2. The Morgan fingerprint density at radius 2 is 2.13 bits per heavy atom. The zero-order valence-electron chi connectivity index (χ0n) is 9.81. The summed E-state index contributed by atoms with van der Waals surface area (Å²) >= 11 is 0. The lowest BCUT2D eigenvalue weighted by Crippen LogP contribution is -2.47. The summed E-state index contributed by atoms with van der Waals surface area (Å²) < 4.78 is 0. The van der Waals surface area contributed by atoms with E-state index >= 15 is 0 Å². The second-order valence-electron chi connectivity index (χ2n) is 5.55. The quantitative estimate of drug-likeness (QED) is 0.721. The summed E-state index contributed by atoms with van der Waals surface area (Å²) in [5.41, 5.74) is 0.453. The molecule has 1 amide bonds.